The molecule has 96 valence electrons. The Morgan fingerprint density at radius 1 is 1.24 bits per heavy atom. The number of anilines is 1. The molecule has 4 heteroatoms. The molecule has 1 aromatic rings. The Morgan fingerprint density at radius 3 is 2.35 bits per heavy atom. The van der Waals surface area contributed by atoms with Crippen molar-refractivity contribution in [1.82, 2.24) is 0 Å². The lowest BCUT2D eigenvalue weighted by molar-refractivity contribution is 0.613. The average Bonchev–Trinajstić information content (AvgIpc) is 2.26. The van der Waals surface area contributed by atoms with Crippen LogP contribution in [0.4, 0.5) is 10.1 Å². The fraction of sp³-hybridized carbons (Fsp3) is 0.538. The zero-order chi connectivity index (χ0) is 12.8. The zero-order valence-corrected chi connectivity index (χ0v) is 11.7. The Kier molecular flexibility index (Phi) is 6.07. The molecule has 0 aromatic heterocycles. The monoisotopic (exact) mass is 277 g/mol. The molecule has 1 N–H and O–H groups in total. The molecule has 0 fully saturated rings. The fourth-order valence-corrected chi connectivity index (χ4v) is 2.18. The van der Waals surface area contributed by atoms with Gasteiger partial charge in [0.05, 0.1) is 10.0 Å². The topological polar surface area (TPSA) is 12.0 Å². The van der Waals surface area contributed by atoms with Crippen molar-refractivity contribution in [3.63, 3.8) is 0 Å². The van der Waals surface area contributed by atoms with E-state index in [0.29, 0.717) is 6.04 Å². The lowest BCUT2D eigenvalue weighted by atomic mass is 10.1. The van der Waals surface area contributed by atoms with E-state index in [0.717, 1.165) is 12.1 Å². The van der Waals surface area contributed by atoms with E-state index in [-0.39, 0.29) is 10.0 Å². The Labute approximate surface area is 112 Å². The number of rotatable bonds is 6. The van der Waals surface area contributed by atoms with Gasteiger partial charge in [-0.1, -0.05) is 49.4 Å². The van der Waals surface area contributed by atoms with Crippen LogP contribution in [-0.4, -0.2) is 6.04 Å². The lowest BCUT2D eigenvalue weighted by Crippen LogP contribution is -2.14. The highest BCUT2D eigenvalue weighted by Crippen LogP contribution is 2.27. The van der Waals surface area contributed by atoms with Crippen LogP contribution >= 0.6 is 23.2 Å². The van der Waals surface area contributed by atoms with Gasteiger partial charge in [0.1, 0.15) is 0 Å². The number of halogens is 3. The van der Waals surface area contributed by atoms with Gasteiger partial charge in [0, 0.05) is 11.7 Å². The van der Waals surface area contributed by atoms with Crippen LogP contribution in [0.15, 0.2) is 12.1 Å². The molecule has 0 spiro atoms. The van der Waals surface area contributed by atoms with Crippen molar-refractivity contribution < 1.29 is 4.39 Å². The van der Waals surface area contributed by atoms with Crippen molar-refractivity contribution in [2.45, 2.75) is 45.6 Å². The van der Waals surface area contributed by atoms with E-state index in [9.17, 15) is 4.39 Å². The molecular formula is C13H18Cl2FN. The predicted octanol–water partition coefficient (Wildman–Crippen LogP) is 5.51. The minimum absolute atomic E-state index is 0.0563. The van der Waals surface area contributed by atoms with E-state index in [1.165, 1.54) is 19.3 Å². The SMILES string of the molecule is CCCCCC(C)Nc1cc(Cl)c(F)c(Cl)c1. The van der Waals surface area contributed by atoms with Gasteiger partial charge in [0.2, 0.25) is 0 Å². The second-order valence-corrected chi connectivity index (χ2v) is 5.11. The van der Waals surface area contributed by atoms with Crippen molar-refractivity contribution in [2.24, 2.45) is 0 Å². The number of hydrogen-bond acceptors (Lipinski definition) is 1. The molecular weight excluding hydrogens is 260 g/mol. The van der Waals surface area contributed by atoms with Crippen molar-refractivity contribution in [3.8, 4) is 0 Å². The second-order valence-electron chi connectivity index (χ2n) is 4.30. The summed E-state index contributed by atoms with van der Waals surface area (Å²) in [4.78, 5) is 0. The number of benzene rings is 1. The van der Waals surface area contributed by atoms with Crippen LogP contribution in [-0.2, 0) is 0 Å². The van der Waals surface area contributed by atoms with Gasteiger partial charge in [0.25, 0.3) is 0 Å². The minimum atomic E-state index is -0.558. The van der Waals surface area contributed by atoms with Crippen LogP contribution in [0.2, 0.25) is 10.0 Å². The summed E-state index contributed by atoms with van der Waals surface area (Å²) in [6.07, 6.45) is 4.71. The van der Waals surface area contributed by atoms with E-state index in [1.807, 2.05) is 0 Å². The van der Waals surface area contributed by atoms with Gasteiger partial charge in [-0.05, 0) is 25.5 Å². The summed E-state index contributed by atoms with van der Waals surface area (Å²) < 4.78 is 13.2. The minimum Gasteiger partial charge on any atom is -0.383 e. The molecule has 1 nitrogen and oxygen atoms in total. The molecule has 0 saturated heterocycles. The summed E-state index contributed by atoms with van der Waals surface area (Å²) in [6.45, 7) is 4.28. The van der Waals surface area contributed by atoms with Crippen LogP contribution in [0.25, 0.3) is 0 Å². The third-order valence-electron chi connectivity index (χ3n) is 2.64. The highest BCUT2D eigenvalue weighted by Gasteiger charge is 2.09. The Hall–Kier alpha value is -0.470. The van der Waals surface area contributed by atoms with E-state index in [4.69, 9.17) is 23.2 Å². The Bertz CT molecular complexity index is 345. The summed E-state index contributed by atoms with van der Waals surface area (Å²) in [5.74, 6) is -0.558. The van der Waals surface area contributed by atoms with E-state index >= 15 is 0 Å². The van der Waals surface area contributed by atoms with E-state index in [1.54, 1.807) is 12.1 Å². The summed E-state index contributed by atoms with van der Waals surface area (Å²) >= 11 is 11.5. The van der Waals surface area contributed by atoms with Crippen LogP contribution in [0.3, 0.4) is 0 Å². The average molecular weight is 278 g/mol. The highest BCUT2D eigenvalue weighted by molar-refractivity contribution is 6.35. The summed E-state index contributed by atoms with van der Waals surface area (Å²) in [7, 11) is 0. The maximum atomic E-state index is 13.2. The smallest absolute Gasteiger partial charge is 0.160 e. The molecule has 0 saturated carbocycles. The summed E-state index contributed by atoms with van der Waals surface area (Å²) in [6, 6.07) is 3.47. The Balaban J connectivity index is 2.56. The molecule has 0 radical (unpaired) electrons. The molecule has 0 bridgehead atoms. The molecule has 0 heterocycles. The largest absolute Gasteiger partial charge is 0.383 e. The molecule has 0 aliphatic carbocycles. The van der Waals surface area contributed by atoms with Crippen LogP contribution in [0, 0.1) is 5.82 Å². The molecule has 1 unspecified atom stereocenters. The standard InChI is InChI=1S/C13H18Cl2FN/c1-3-4-5-6-9(2)17-10-7-11(14)13(16)12(15)8-10/h7-9,17H,3-6H2,1-2H3. The van der Waals surface area contributed by atoms with Crippen molar-refractivity contribution in [2.75, 3.05) is 5.32 Å². The van der Waals surface area contributed by atoms with E-state index in [2.05, 4.69) is 19.2 Å². The normalized spacial score (nSPS) is 12.5. The first-order valence-electron chi connectivity index (χ1n) is 5.95. The molecule has 1 aromatic carbocycles. The maximum Gasteiger partial charge on any atom is 0.160 e. The molecule has 1 atom stereocenters. The van der Waals surface area contributed by atoms with Crippen LogP contribution < -0.4 is 5.32 Å². The van der Waals surface area contributed by atoms with Gasteiger partial charge >= 0.3 is 0 Å². The first kappa shape index (κ1) is 14.6. The van der Waals surface area contributed by atoms with Crippen molar-refractivity contribution >= 4 is 28.9 Å². The quantitative estimate of drug-likeness (QED) is 0.534. The number of hydrogen-bond donors (Lipinski definition) is 1. The predicted molar refractivity (Wildman–Crippen MR) is 73.6 cm³/mol. The Morgan fingerprint density at radius 2 is 1.82 bits per heavy atom. The van der Waals surface area contributed by atoms with Gasteiger partial charge in [-0.2, -0.15) is 0 Å². The van der Waals surface area contributed by atoms with Gasteiger partial charge in [-0.3, -0.25) is 0 Å². The van der Waals surface area contributed by atoms with Gasteiger partial charge in [-0.15, -0.1) is 0 Å². The summed E-state index contributed by atoms with van der Waals surface area (Å²) in [5, 5.41) is 3.39. The number of nitrogens with one attached hydrogen (secondary N) is 1. The first-order valence-corrected chi connectivity index (χ1v) is 6.71. The van der Waals surface area contributed by atoms with Crippen LogP contribution in [0.1, 0.15) is 39.5 Å². The maximum absolute atomic E-state index is 13.2. The number of unbranched alkanes of at least 4 members (excludes halogenated alkanes) is 2. The highest BCUT2D eigenvalue weighted by atomic mass is 35.5. The van der Waals surface area contributed by atoms with Crippen molar-refractivity contribution in [1.29, 1.82) is 0 Å². The van der Waals surface area contributed by atoms with Gasteiger partial charge in [0.15, 0.2) is 5.82 Å². The third-order valence-corrected chi connectivity index (χ3v) is 3.19. The third kappa shape index (κ3) is 4.72. The fourth-order valence-electron chi connectivity index (χ4n) is 1.70. The summed E-state index contributed by atoms with van der Waals surface area (Å²) in [5.41, 5.74) is 0.769. The molecule has 17 heavy (non-hydrogen) atoms. The lowest BCUT2D eigenvalue weighted by Gasteiger charge is -2.15. The second kappa shape index (κ2) is 7.07. The molecule has 0 aliphatic rings. The molecule has 1 rings (SSSR count). The van der Waals surface area contributed by atoms with Crippen LogP contribution in [0.5, 0.6) is 0 Å². The first-order chi connectivity index (χ1) is 8.04. The van der Waals surface area contributed by atoms with E-state index < -0.39 is 5.82 Å². The van der Waals surface area contributed by atoms with Gasteiger partial charge in [-0.25, -0.2) is 4.39 Å². The van der Waals surface area contributed by atoms with Gasteiger partial charge < -0.3 is 5.32 Å². The van der Waals surface area contributed by atoms with Crippen molar-refractivity contribution in [3.05, 3.63) is 28.0 Å². The molecule has 0 amide bonds. The zero-order valence-electron chi connectivity index (χ0n) is 10.2. The molecule has 0 aliphatic heterocycles.